The second kappa shape index (κ2) is 6.68. The van der Waals surface area contributed by atoms with Crippen molar-refractivity contribution in [1.82, 2.24) is 4.90 Å². The van der Waals surface area contributed by atoms with Crippen LogP contribution < -0.4 is 0 Å². The summed E-state index contributed by atoms with van der Waals surface area (Å²) < 4.78 is 11.6. The Balaban J connectivity index is 4.35. The Kier molecular flexibility index (Phi) is 6.35. The lowest BCUT2D eigenvalue weighted by molar-refractivity contribution is -0.136. The predicted octanol–water partition coefficient (Wildman–Crippen LogP) is 1.06. The number of carbonyl (C=O) groups excluding carboxylic acids is 1. The number of rotatable bonds is 5. The average molecular weight is 235 g/mol. The highest BCUT2D eigenvalue weighted by Crippen LogP contribution is 2.11. The smallest absolute Gasteiger partial charge is 0.429 e. The fourth-order valence-corrected chi connectivity index (χ4v) is 2.25. The van der Waals surface area contributed by atoms with Gasteiger partial charge in [0.1, 0.15) is 5.25 Å². The highest BCUT2D eigenvalue weighted by atomic mass is 32.2. The Morgan fingerprint density at radius 3 is 2.20 bits per heavy atom. The molecule has 0 fully saturated rings. The van der Waals surface area contributed by atoms with Crippen molar-refractivity contribution >= 4 is 22.4 Å². The van der Waals surface area contributed by atoms with E-state index in [9.17, 15) is 14.1 Å². The molecule has 0 saturated carbocycles. The van der Waals surface area contributed by atoms with Gasteiger partial charge in [-0.05, 0) is 20.8 Å². The number of carboxylic acids is 1. The lowest BCUT2D eigenvalue weighted by Crippen LogP contribution is -2.39. The van der Waals surface area contributed by atoms with Crippen molar-refractivity contribution in [2.24, 2.45) is 0 Å². The second-order valence-corrected chi connectivity index (χ2v) is 4.89. The molecule has 0 heterocycles. The van der Waals surface area contributed by atoms with Crippen LogP contribution in [-0.4, -0.2) is 44.1 Å². The van der Waals surface area contributed by atoms with Crippen LogP contribution >= 0.6 is 0 Å². The van der Waals surface area contributed by atoms with Gasteiger partial charge in [0.2, 0.25) is 0 Å². The van der Waals surface area contributed by atoms with Crippen molar-refractivity contribution in [2.45, 2.75) is 32.4 Å². The molecular weight excluding hydrogens is 218 g/mol. The summed E-state index contributed by atoms with van der Waals surface area (Å²) in [6.07, 6.45) is -0.250. The van der Waals surface area contributed by atoms with Crippen LogP contribution in [0.4, 0.5) is 4.79 Å². The molecule has 15 heavy (non-hydrogen) atoms. The molecule has 0 rings (SSSR count). The van der Waals surface area contributed by atoms with Crippen molar-refractivity contribution in [3.63, 3.8) is 0 Å². The standard InChI is InChI=1S/C9H17NO4S/c1-4-10(5-2)9(13)15(14)7(3)6-8(11)12/h7H,4-6H2,1-3H3,(H,11,12). The van der Waals surface area contributed by atoms with E-state index in [1.54, 1.807) is 13.8 Å². The van der Waals surface area contributed by atoms with Gasteiger partial charge >= 0.3 is 11.2 Å². The van der Waals surface area contributed by atoms with Crippen molar-refractivity contribution < 1.29 is 19.2 Å². The van der Waals surface area contributed by atoms with Crippen LogP contribution in [0.1, 0.15) is 27.2 Å². The molecule has 1 N–H and O–H groups in total. The summed E-state index contributed by atoms with van der Waals surface area (Å²) in [7, 11) is 0. The molecule has 0 aliphatic heterocycles. The first-order valence-electron chi connectivity index (χ1n) is 4.85. The molecule has 88 valence electrons. The molecule has 5 nitrogen and oxygen atoms in total. The lowest BCUT2D eigenvalue weighted by atomic mass is 10.3. The van der Waals surface area contributed by atoms with E-state index in [4.69, 9.17) is 5.11 Å². The number of nitrogens with zero attached hydrogens (tertiary/aromatic N) is 1. The van der Waals surface area contributed by atoms with Gasteiger partial charge in [0.05, 0.1) is 6.42 Å². The van der Waals surface area contributed by atoms with E-state index < -0.39 is 27.6 Å². The molecule has 0 aromatic carbocycles. The monoisotopic (exact) mass is 235 g/mol. The van der Waals surface area contributed by atoms with E-state index in [2.05, 4.69) is 0 Å². The zero-order chi connectivity index (χ0) is 12.0. The summed E-state index contributed by atoms with van der Waals surface area (Å²) in [6, 6.07) is 0. The number of aliphatic carboxylic acids is 1. The fraction of sp³-hybridized carbons (Fsp3) is 0.778. The van der Waals surface area contributed by atoms with Crippen molar-refractivity contribution in [2.75, 3.05) is 13.1 Å². The quantitative estimate of drug-likeness (QED) is 0.722. The zero-order valence-electron chi connectivity index (χ0n) is 9.23. The van der Waals surface area contributed by atoms with Gasteiger partial charge in [-0.3, -0.25) is 9.69 Å². The van der Waals surface area contributed by atoms with E-state index in [0.717, 1.165) is 0 Å². The largest absolute Gasteiger partial charge is 0.607 e. The van der Waals surface area contributed by atoms with Crippen LogP contribution in [-0.2, 0) is 16.0 Å². The Bertz CT molecular complexity index is 230. The van der Waals surface area contributed by atoms with Crippen molar-refractivity contribution in [3.8, 4) is 0 Å². The zero-order valence-corrected chi connectivity index (χ0v) is 10.0. The SMILES string of the molecule is CCN(CC)C(=O)[S+]([O-])C(C)CC(=O)O. The van der Waals surface area contributed by atoms with E-state index in [0.29, 0.717) is 13.1 Å². The van der Waals surface area contributed by atoms with Crippen LogP contribution in [0.25, 0.3) is 0 Å². The first-order chi connectivity index (χ1) is 6.93. The average Bonchev–Trinajstić information content (AvgIpc) is 2.17. The van der Waals surface area contributed by atoms with Gasteiger partial charge in [0, 0.05) is 24.3 Å². The Morgan fingerprint density at radius 1 is 1.40 bits per heavy atom. The second-order valence-electron chi connectivity index (χ2n) is 3.14. The Hall–Kier alpha value is -0.750. The highest BCUT2D eigenvalue weighted by molar-refractivity contribution is 8.06. The highest BCUT2D eigenvalue weighted by Gasteiger charge is 2.31. The molecule has 6 heteroatoms. The van der Waals surface area contributed by atoms with Gasteiger partial charge in [-0.2, -0.15) is 0 Å². The number of carboxylic acid groups (broad SMARTS) is 1. The van der Waals surface area contributed by atoms with Gasteiger partial charge in [0.15, 0.2) is 0 Å². The topological polar surface area (TPSA) is 80.7 Å². The first-order valence-corrected chi connectivity index (χ1v) is 6.06. The van der Waals surface area contributed by atoms with Crippen LogP contribution in [0.2, 0.25) is 0 Å². The summed E-state index contributed by atoms with van der Waals surface area (Å²) >= 11 is -1.75. The number of hydrogen-bond acceptors (Lipinski definition) is 3. The molecule has 0 aliphatic rings. The molecule has 2 unspecified atom stereocenters. The number of carbonyl (C=O) groups is 2. The van der Waals surface area contributed by atoms with Gasteiger partial charge in [-0.1, -0.05) is 0 Å². The number of hydrogen-bond donors (Lipinski definition) is 1. The molecule has 0 aromatic rings. The molecule has 0 aliphatic carbocycles. The molecule has 0 saturated heterocycles. The third kappa shape index (κ3) is 4.53. The van der Waals surface area contributed by atoms with Crippen molar-refractivity contribution in [3.05, 3.63) is 0 Å². The normalized spacial score (nSPS) is 14.4. The van der Waals surface area contributed by atoms with Gasteiger partial charge in [-0.25, -0.2) is 4.79 Å². The summed E-state index contributed by atoms with van der Waals surface area (Å²) in [5, 5.41) is 7.39. The third-order valence-electron chi connectivity index (χ3n) is 2.02. The fourth-order valence-electron chi connectivity index (χ4n) is 1.10. The Morgan fingerprint density at radius 2 is 1.87 bits per heavy atom. The van der Waals surface area contributed by atoms with E-state index in [-0.39, 0.29) is 6.42 Å². The van der Waals surface area contributed by atoms with Gasteiger partial charge in [0.25, 0.3) is 0 Å². The molecule has 0 aromatic heterocycles. The minimum absolute atomic E-state index is 0.250. The maximum atomic E-state index is 11.6. The summed E-state index contributed by atoms with van der Waals surface area (Å²) in [6.45, 7) is 6.06. The van der Waals surface area contributed by atoms with E-state index in [1.807, 2.05) is 0 Å². The van der Waals surface area contributed by atoms with Crippen LogP contribution in [0, 0.1) is 0 Å². The van der Waals surface area contributed by atoms with Crippen LogP contribution in [0.15, 0.2) is 0 Å². The van der Waals surface area contributed by atoms with Crippen LogP contribution in [0.3, 0.4) is 0 Å². The molecule has 0 spiro atoms. The summed E-state index contributed by atoms with van der Waals surface area (Å²) in [4.78, 5) is 23.4. The van der Waals surface area contributed by atoms with Gasteiger partial charge < -0.3 is 9.66 Å². The predicted molar refractivity (Wildman–Crippen MR) is 58.2 cm³/mol. The summed E-state index contributed by atoms with van der Waals surface area (Å²) in [5.74, 6) is -1.04. The maximum Gasteiger partial charge on any atom is 0.429 e. The summed E-state index contributed by atoms with van der Waals surface area (Å²) in [5.41, 5.74) is 0. The third-order valence-corrected chi connectivity index (χ3v) is 3.52. The van der Waals surface area contributed by atoms with E-state index >= 15 is 0 Å². The minimum Gasteiger partial charge on any atom is -0.607 e. The molecule has 2 atom stereocenters. The molecular formula is C9H17NO4S. The molecule has 0 bridgehead atoms. The van der Waals surface area contributed by atoms with E-state index in [1.165, 1.54) is 11.8 Å². The first kappa shape index (κ1) is 14.2. The van der Waals surface area contributed by atoms with Crippen LogP contribution in [0.5, 0.6) is 0 Å². The minimum atomic E-state index is -1.75. The molecule has 1 amide bonds. The number of amides is 1. The lowest BCUT2D eigenvalue weighted by Gasteiger charge is -2.21. The molecule has 0 radical (unpaired) electrons. The Labute approximate surface area is 92.6 Å². The van der Waals surface area contributed by atoms with Crippen molar-refractivity contribution in [1.29, 1.82) is 0 Å². The maximum absolute atomic E-state index is 11.6. The van der Waals surface area contributed by atoms with Gasteiger partial charge in [-0.15, -0.1) is 0 Å².